The van der Waals surface area contributed by atoms with Crippen LogP contribution in [0.25, 0.3) is 5.76 Å². The van der Waals surface area contributed by atoms with E-state index < -0.39 is 21.1 Å². The molecule has 5 nitrogen and oxygen atoms in total. The van der Waals surface area contributed by atoms with Crippen LogP contribution >= 0.6 is 47.8 Å². The Bertz CT molecular complexity index is 640. The van der Waals surface area contributed by atoms with Gasteiger partial charge in [0, 0.05) is 5.56 Å². The van der Waals surface area contributed by atoms with Crippen LogP contribution < -0.4 is 4.74 Å². The molecule has 0 aliphatic carbocycles. The molecule has 0 amide bonds. The Morgan fingerprint density at radius 1 is 1.27 bits per heavy atom. The molecule has 1 aromatic rings. The number of carbonyl (C=O) groups is 2. The number of halogens is 3. The molecule has 22 heavy (non-hydrogen) atoms. The number of ether oxygens (including phenoxy) is 3. The van der Waals surface area contributed by atoms with Crippen molar-refractivity contribution in [3.63, 3.8) is 0 Å². The minimum absolute atomic E-state index is 0.239. The molecule has 2 atom stereocenters. The van der Waals surface area contributed by atoms with E-state index in [0.29, 0.717) is 17.1 Å². The Morgan fingerprint density at radius 2 is 1.86 bits per heavy atom. The normalized spacial score (nSPS) is 22.3. The Morgan fingerprint density at radius 3 is 2.36 bits per heavy atom. The molecule has 0 fully saturated rings. The van der Waals surface area contributed by atoms with Gasteiger partial charge in [-0.2, -0.15) is 0 Å². The summed E-state index contributed by atoms with van der Waals surface area (Å²) >= 11 is 9.58. The van der Waals surface area contributed by atoms with E-state index in [1.54, 1.807) is 31.4 Å². The fourth-order valence-corrected chi connectivity index (χ4v) is 3.75. The maximum atomic E-state index is 12.5. The van der Waals surface area contributed by atoms with Gasteiger partial charge in [-0.1, -0.05) is 15.9 Å². The molecule has 0 radical (unpaired) electrons. The van der Waals surface area contributed by atoms with E-state index in [2.05, 4.69) is 52.5 Å². The van der Waals surface area contributed by atoms with E-state index in [1.165, 1.54) is 7.11 Å². The lowest BCUT2D eigenvalue weighted by Crippen LogP contribution is -2.44. The molecule has 0 unspecified atom stereocenters. The monoisotopic (exact) mass is 496 g/mol. The Balaban J connectivity index is 2.35. The molecule has 0 saturated carbocycles. The van der Waals surface area contributed by atoms with Gasteiger partial charge in [0.2, 0.25) is 10.3 Å². The zero-order valence-electron chi connectivity index (χ0n) is 11.6. The number of hydrogen-bond acceptors (Lipinski definition) is 5. The summed E-state index contributed by atoms with van der Waals surface area (Å²) in [6.07, 6.45) is 0. The van der Waals surface area contributed by atoms with E-state index >= 15 is 0 Å². The van der Waals surface area contributed by atoms with E-state index in [1.807, 2.05) is 0 Å². The SMILES string of the molecule is COC(=O)[C@@H](Br)[C@@]1(Br)OC(c2ccc(OC)cc2)=C(Br)C1=O. The van der Waals surface area contributed by atoms with Crippen LogP contribution in [0, 0.1) is 0 Å². The lowest BCUT2D eigenvalue weighted by atomic mass is 10.1. The first-order valence-corrected chi connectivity index (χ1v) is 8.54. The average molecular weight is 499 g/mol. The highest BCUT2D eigenvalue weighted by Crippen LogP contribution is 2.47. The van der Waals surface area contributed by atoms with Crippen molar-refractivity contribution in [3.8, 4) is 5.75 Å². The number of rotatable bonds is 4. The molecule has 0 bridgehead atoms. The maximum absolute atomic E-state index is 12.5. The summed E-state index contributed by atoms with van der Waals surface area (Å²) in [5.41, 5.74) is 0.673. The summed E-state index contributed by atoms with van der Waals surface area (Å²) in [7, 11) is 2.80. The second kappa shape index (κ2) is 6.72. The summed E-state index contributed by atoms with van der Waals surface area (Å²) in [5.74, 6) is -0.0205. The summed E-state index contributed by atoms with van der Waals surface area (Å²) < 4.78 is 14.1. The average Bonchev–Trinajstić information content (AvgIpc) is 2.79. The van der Waals surface area contributed by atoms with Crippen molar-refractivity contribution in [1.29, 1.82) is 0 Å². The number of esters is 1. The van der Waals surface area contributed by atoms with Crippen LogP contribution in [-0.4, -0.2) is 35.3 Å². The van der Waals surface area contributed by atoms with Gasteiger partial charge in [0.1, 0.15) is 16.0 Å². The molecule has 118 valence electrons. The zero-order valence-corrected chi connectivity index (χ0v) is 16.3. The first kappa shape index (κ1) is 17.5. The van der Waals surface area contributed by atoms with E-state index in [0.717, 1.165) is 0 Å². The second-order valence-corrected chi connectivity index (χ2v) is 7.22. The third-order valence-corrected chi connectivity index (χ3v) is 6.38. The number of benzene rings is 1. The Kier molecular flexibility index (Phi) is 5.34. The summed E-state index contributed by atoms with van der Waals surface area (Å²) in [4.78, 5) is 23.2. The van der Waals surface area contributed by atoms with Gasteiger partial charge in [0.25, 0.3) is 0 Å². The molecule has 1 aliphatic rings. The highest BCUT2D eigenvalue weighted by Gasteiger charge is 2.55. The minimum Gasteiger partial charge on any atom is -0.497 e. The van der Waals surface area contributed by atoms with Crippen molar-refractivity contribution in [2.24, 2.45) is 0 Å². The minimum atomic E-state index is -1.56. The number of Topliss-reactive ketones (excluding diaryl/α,β-unsaturated/α-hetero) is 1. The second-order valence-electron chi connectivity index (χ2n) is 4.33. The van der Waals surface area contributed by atoms with Crippen molar-refractivity contribution in [2.45, 2.75) is 9.34 Å². The number of methoxy groups -OCH3 is 2. The maximum Gasteiger partial charge on any atom is 0.325 e. The summed E-state index contributed by atoms with van der Waals surface area (Å²) in [5, 5.41) is 0. The lowest BCUT2D eigenvalue weighted by Gasteiger charge is -2.25. The first-order chi connectivity index (χ1) is 10.3. The third-order valence-electron chi connectivity index (χ3n) is 3.05. The van der Waals surface area contributed by atoms with Crippen molar-refractivity contribution < 1.29 is 23.8 Å². The van der Waals surface area contributed by atoms with Crippen molar-refractivity contribution in [2.75, 3.05) is 14.2 Å². The largest absolute Gasteiger partial charge is 0.497 e. The molecule has 1 aromatic carbocycles. The molecule has 1 heterocycles. The number of carbonyl (C=O) groups excluding carboxylic acids is 2. The van der Waals surface area contributed by atoms with Crippen molar-refractivity contribution >= 4 is 65.3 Å². The van der Waals surface area contributed by atoms with Gasteiger partial charge in [0.05, 0.1) is 14.2 Å². The van der Waals surface area contributed by atoms with Crippen LogP contribution in [0.3, 0.4) is 0 Å². The standard InChI is InChI=1S/C14H11Br3O5/c1-20-8-5-3-7(4-6-8)10-9(15)12(18)14(17,22-10)11(16)13(19)21-2/h3-6,11H,1-2H3/t11-,14-/m1/s1. The highest BCUT2D eigenvalue weighted by molar-refractivity contribution is 9.13. The fraction of sp³-hybridized carbons (Fsp3) is 0.286. The van der Waals surface area contributed by atoms with Crippen LogP contribution in [0.2, 0.25) is 0 Å². The summed E-state index contributed by atoms with van der Waals surface area (Å²) in [6.45, 7) is 0. The van der Waals surface area contributed by atoms with Crippen molar-refractivity contribution in [3.05, 3.63) is 34.3 Å². The van der Waals surface area contributed by atoms with Gasteiger partial charge in [-0.3, -0.25) is 9.59 Å². The Labute approximate surface area is 152 Å². The molecule has 2 rings (SSSR count). The number of hydrogen-bond donors (Lipinski definition) is 0. The van der Waals surface area contributed by atoms with Gasteiger partial charge in [0.15, 0.2) is 4.83 Å². The van der Waals surface area contributed by atoms with Crippen LogP contribution in [0.15, 0.2) is 28.7 Å². The molecular formula is C14H11Br3O5. The molecular weight excluding hydrogens is 488 g/mol. The first-order valence-electron chi connectivity index (χ1n) is 6.04. The molecule has 0 aromatic heterocycles. The van der Waals surface area contributed by atoms with Crippen LogP contribution in [-0.2, 0) is 19.1 Å². The molecule has 0 N–H and O–H groups in total. The quantitative estimate of drug-likeness (QED) is 0.470. The van der Waals surface area contributed by atoms with Crippen LogP contribution in [0.1, 0.15) is 5.56 Å². The molecule has 1 aliphatic heterocycles. The molecule has 8 heteroatoms. The number of alkyl halides is 2. The lowest BCUT2D eigenvalue weighted by molar-refractivity contribution is -0.144. The highest BCUT2D eigenvalue weighted by atomic mass is 79.9. The zero-order chi connectivity index (χ0) is 16.5. The Hall–Kier alpha value is -0.860. The fourth-order valence-electron chi connectivity index (χ4n) is 1.84. The predicted molar refractivity (Wildman–Crippen MR) is 91.3 cm³/mol. The summed E-state index contributed by atoms with van der Waals surface area (Å²) in [6, 6.07) is 7.00. The van der Waals surface area contributed by atoms with Crippen molar-refractivity contribution in [1.82, 2.24) is 0 Å². The van der Waals surface area contributed by atoms with E-state index in [9.17, 15) is 9.59 Å². The van der Waals surface area contributed by atoms with E-state index in [4.69, 9.17) is 9.47 Å². The van der Waals surface area contributed by atoms with Crippen LogP contribution in [0.5, 0.6) is 5.75 Å². The third kappa shape index (κ3) is 2.96. The topological polar surface area (TPSA) is 61.8 Å². The smallest absolute Gasteiger partial charge is 0.325 e. The van der Waals surface area contributed by atoms with Gasteiger partial charge in [-0.05, 0) is 56.1 Å². The van der Waals surface area contributed by atoms with Gasteiger partial charge in [-0.25, -0.2) is 0 Å². The number of ketones is 1. The van der Waals surface area contributed by atoms with Gasteiger partial charge in [-0.15, -0.1) is 0 Å². The molecule has 0 spiro atoms. The molecule has 0 saturated heterocycles. The predicted octanol–water partition coefficient (Wildman–Crippen LogP) is 3.39. The van der Waals surface area contributed by atoms with Gasteiger partial charge < -0.3 is 14.2 Å². The van der Waals surface area contributed by atoms with Gasteiger partial charge >= 0.3 is 5.97 Å². The van der Waals surface area contributed by atoms with E-state index in [-0.39, 0.29) is 4.48 Å². The van der Waals surface area contributed by atoms with Crippen LogP contribution in [0.4, 0.5) is 0 Å².